The fraction of sp³-hybridized carbons (Fsp3) is 0.143. The van der Waals surface area contributed by atoms with Gasteiger partial charge in [0.1, 0.15) is 16.1 Å². The van der Waals surface area contributed by atoms with Crippen molar-refractivity contribution in [1.29, 1.82) is 5.26 Å². The molecule has 2 aromatic heterocycles. The average molecular weight is 226 g/mol. The summed E-state index contributed by atoms with van der Waals surface area (Å²) in [5, 5.41) is 12.6. The summed E-state index contributed by atoms with van der Waals surface area (Å²) in [4.78, 5) is 3.86. The molecule has 2 heterocycles. The second-order valence-corrected chi connectivity index (χ2v) is 3.84. The molecule has 0 aliphatic rings. The monoisotopic (exact) mass is 225 g/mol. The molecule has 14 heavy (non-hydrogen) atoms. The summed E-state index contributed by atoms with van der Waals surface area (Å²) in [6, 6.07) is 1.97. The van der Waals surface area contributed by atoms with E-state index in [4.69, 9.17) is 16.9 Å². The molecule has 0 aromatic carbocycles. The molecule has 0 amide bonds. The van der Waals surface area contributed by atoms with E-state index in [2.05, 4.69) is 14.6 Å². The average Bonchev–Trinajstić information content (AvgIpc) is 2.77. The number of nitrogens with zero attached hydrogens (tertiary/aromatic N) is 5. The summed E-state index contributed by atoms with van der Waals surface area (Å²) in [5.41, 5.74) is 0.658. The van der Waals surface area contributed by atoms with Gasteiger partial charge in [0, 0.05) is 23.9 Å². The van der Waals surface area contributed by atoms with Crippen molar-refractivity contribution in [1.82, 2.24) is 19.1 Å². The van der Waals surface area contributed by atoms with E-state index in [1.807, 2.05) is 6.07 Å². The summed E-state index contributed by atoms with van der Waals surface area (Å²) >= 11 is 6.96. The zero-order chi connectivity index (χ0) is 9.97. The fourth-order valence-electron chi connectivity index (χ4n) is 1.00. The van der Waals surface area contributed by atoms with E-state index in [0.717, 1.165) is 11.5 Å². The molecule has 2 rings (SSSR count). The maximum atomic E-state index is 8.71. The van der Waals surface area contributed by atoms with Gasteiger partial charge in [0.15, 0.2) is 0 Å². The third-order valence-electron chi connectivity index (χ3n) is 1.64. The van der Waals surface area contributed by atoms with Crippen molar-refractivity contribution in [3.05, 3.63) is 28.2 Å². The Labute approximate surface area is 88.7 Å². The number of hydrogen-bond donors (Lipinski definition) is 0. The fourth-order valence-corrected chi connectivity index (χ4v) is 1.61. The van der Waals surface area contributed by atoms with E-state index in [1.54, 1.807) is 17.0 Å². The standard InChI is InChI=1S/C7H4ClN5S/c8-7-5(11-12-14-7)4-13-2-1-10-6(13)3-9/h1-2H,4H2. The first-order valence-corrected chi connectivity index (χ1v) is 4.84. The molecule has 0 fully saturated rings. The molecule has 0 N–H and O–H groups in total. The van der Waals surface area contributed by atoms with E-state index >= 15 is 0 Å². The topological polar surface area (TPSA) is 67.4 Å². The highest BCUT2D eigenvalue weighted by atomic mass is 35.5. The Balaban J connectivity index is 2.28. The van der Waals surface area contributed by atoms with Gasteiger partial charge in [-0.15, -0.1) is 5.10 Å². The second-order valence-electron chi connectivity index (χ2n) is 2.48. The summed E-state index contributed by atoms with van der Waals surface area (Å²) in [6.45, 7) is 0.429. The van der Waals surface area contributed by atoms with Crippen molar-refractivity contribution in [2.75, 3.05) is 0 Å². The van der Waals surface area contributed by atoms with Gasteiger partial charge in [-0.1, -0.05) is 16.1 Å². The third-order valence-corrected chi connectivity index (χ3v) is 2.63. The summed E-state index contributed by atoms with van der Waals surface area (Å²) in [5.74, 6) is 0.342. The lowest BCUT2D eigenvalue weighted by molar-refractivity contribution is 0.755. The highest BCUT2D eigenvalue weighted by Crippen LogP contribution is 2.18. The minimum absolute atomic E-state index is 0.342. The van der Waals surface area contributed by atoms with Crippen molar-refractivity contribution < 1.29 is 0 Å². The Kier molecular flexibility index (Phi) is 2.43. The largest absolute Gasteiger partial charge is 0.316 e. The molecule has 0 radical (unpaired) electrons. The zero-order valence-corrected chi connectivity index (χ0v) is 8.46. The maximum Gasteiger partial charge on any atom is 0.213 e. The quantitative estimate of drug-likeness (QED) is 0.773. The van der Waals surface area contributed by atoms with Crippen LogP contribution >= 0.6 is 23.1 Å². The smallest absolute Gasteiger partial charge is 0.213 e. The van der Waals surface area contributed by atoms with Gasteiger partial charge in [-0.05, 0) is 0 Å². The predicted octanol–water partition coefficient (Wildman–Crippen LogP) is 1.31. The molecule has 0 saturated carbocycles. The molecular weight excluding hydrogens is 222 g/mol. The molecule has 5 nitrogen and oxygen atoms in total. The van der Waals surface area contributed by atoms with E-state index in [1.165, 1.54) is 0 Å². The molecule has 2 aromatic rings. The van der Waals surface area contributed by atoms with Crippen LogP contribution in [0.3, 0.4) is 0 Å². The third kappa shape index (κ3) is 1.60. The van der Waals surface area contributed by atoms with Gasteiger partial charge in [0.2, 0.25) is 5.82 Å². The van der Waals surface area contributed by atoms with Gasteiger partial charge in [0.05, 0.1) is 6.54 Å². The van der Waals surface area contributed by atoms with Gasteiger partial charge in [-0.2, -0.15) is 5.26 Å². The molecule has 0 unspecified atom stereocenters. The highest BCUT2D eigenvalue weighted by Gasteiger charge is 2.08. The van der Waals surface area contributed by atoms with Crippen LogP contribution in [-0.4, -0.2) is 19.1 Å². The lowest BCUT2D eigenvalue weighted by Crippen LogP contribution is -2.02. The summed E-state index contributed by atoms with van der Waals surface area (Å²) < 4.78 is 5.91. The van der Waals surface area contributed by atoms with Crippen molar-refractivity contribution in [2.24, 2.45) is 0 Å². The van der Waals surface area contributed by atoms with Crippen LogP contribution in [-0.2, 0) is 6.54 Å². The second kappa shape index (κ2) is 3.74. The molecule has 0 atom stereocenters. The molecule has 0 aliphatic heterocycles. The molecule has 0 aliphatic carbocycles. The maximum absolute atomic E-state index is 8.71. The van der Waals surface area contributed by atoms with Crippen molar-refractivity contribution in [3.63, 3.8) is 0 Å². The molecule has 70 valence electrons. The van der Waals surface area contributed by atoms with Crippen LogP contribution in [0.1, 0.15) is 11.5 Å². The lowest BCUT2D eigenvalue weighted by Gasteiger charge is -1.98. The molecular formula is C7H4ClN5S. The van der Waals surface area contributed by atoms with Crippen molar-refractivity contribution >= 4 is 23.1 Å². The minimum atomic E-state index is 0.342. The normalized spacial score (nSPS) is 10.0. The van der Waals surface area contributed by atoms with Gasteiger partial charge >= 0.3 is 0 Å². The first-order valence-electron chi connectivity index (χ1n) is 3.69. The van der Waals surface area contributed by atoms with Crippen LogP contribution in [0.15, 0.2) is 12.4 Å². The summed E-state index contributed by atoms with van der Waals surface area (Å²) in [7, 11) is 0. The van der Waals surface area contributed by atoms with E-state index < -0.39 is 0 Å². The Bertz CT molecular complexity index is 482. The SMILES string of the molecule is N#Cc1nccn1Cc1nnsc1Cl. The first-order chi connectivity index (χ1) is 6.81. The Morgan fingerprint density at radius 3 is 3.14 bits per heavy atom. The number of aromatic nitrogens is 4. The number of rotatable bonds is 2. The lowest BCUT2D eigenvalue weighted by atomic mass is 10.5. The molecule has 7 heteroatoms. The van der Waals surface area contributed by atoms with E-state index in [0.29, 0.717) is 22.4 Å². The molecule has 0 bridgehead atoms. The Morgan fingerprint density at radius 1 is 1.64 bits per heavy atom. The van der Waals surface area contributed by atoms with Crippen molar-refractivity contribution in [3.8, 4) is 6.07 Å². The van der Waals surface area contributed by atoms with Crippen molar-refractivity contribution in [2.45, 2.75) is 6.54 Å². The number of imidazole rings is 1. The van der Waals surface area contributed by atoms with Crippen LogP contribution in [0.5, 0.6) is 0 Å². The highest BCUT2D eigenvalue weighted by molar-refractivity contribution is 7.10. The Hall–Kier alpha value is -1.45. The number of hydrogen-bond acceptors (Lipinski definition) is 5. The first kappa shape index (κ1) is 9.12. The van der Waals surface area contributed by atoms with Gasteiger partial charge in [-0.25, -0.2) is 4.98 Å². The van der Waals surface area contributed by atoms with Gasteiger partial charge in [-0.3, -0.25) is 0 Å². The van der Waals surface area contributed by atoms with Crippen LogP contribution < -0.4 is 0 Å². The summed E-state index contributed by atoms with van der Waals surface area (Å²) in [6.07, 6.45) is 3.26. The number of nitriles is 1. The molecule has 0 spiro atoms. The zero-order valence-electron chi connectivity index (χ0n) is 6.88. The number of halogens is 1. The van der Waals surface area contributed by atoms with Crippen LogP contribution in [0.2, 0.25) is 4.34 Å². The van der Waals surface area contributed by atoms with Crippen LogP contribution in [0.25, 0.3) is 0 Å². The van der Waals surface area contributed by atoms with Gasteiger partial charge in [0.25, 0.3) is 0 Å². The predicted molar refractivity (Wildman–Crippen MR) is 51.0 cm³/mol. The van der Waals surface area contributed by atoms with Gasteiger partial charge < -0.3 is 4.57 Å². The van der Waals surface area contributed by atoms with Crippen LogP contribution in [0, 0.1) is 11.3 Å². The van der Waals surface area contributed by atoms with Crippen LogP contribution in [0.4, 0.5) is 0 Å². The molecule has 0 saturated heterocycles. The Morgan fingerprint density at radius 2 is 2.50 bits per heavy atom. The minimum Gasteiger partial charge on any atom is -0.316 e. The van der Waals surface area contributed by atoms with E-state index in [9.17, 15) is 0 Å². The van der Waals surface area contributed by atoms with E-state index in [-0.39, 0.29) is 0 Å².